The van der Waals surface area contributed by atoms with E-state index in [1.54, 1.807) is 24.0 Å². The van der Waals surface area contributed by atoms with E-state index in [-0.39, 0.29) is 10.2 Å². The van der Waals surface area contributed by atoms with Crippen LogP contribution in [0.3, 0.4) is 0 Å². The second-order valence-corrected chi connectivity index (χ2v) is 8.30. The number of carbonyl (C=O) groups is 2. The monoisotopic (exact) mass is 404 g/mol. The summed E-state index contributed by atoms with van der Waals surface area (Å²) in [6.45, 7) is 0. The Balaban J connectivity index is 1.89. The fraction of sp³-hybridized carbons (Fsp3) is 0.222. The van der Waals surface area contributed by atoms with Crippen LogP contribution in [-0.4, -0.2) is 49.2 Å². The van der Waals surface area contributed by atoms with Gasteiger partial charge in [0.25, 0.3) is 5.91 Å². The van der Waals surface area contributed by atoms with Gasteiger partial charge in [-0.1, -0.05) is 36.1 Å². The van der Waals surface area contributed by atoms with Crippen LogP contribution in [0.4, 0.5) is 0 Å². The highest BCUT2D eigenvalue weighted by molar-refractivity contribution is 8.26. The first-order valence-electron chi connectivity index (χ1n) is 7.85. The summed E-state index contributed by atoms with van der Waals surface area (Å²) in [4.78, 5) is 30.3. The third kappa shape index (κ3) is 3.92. The van der Waals surface area contributed by atoms with Crippen molar-refractivity contribution >= 4 is 68.9 Å². The number of rotatable bonds is 6. The molecule has 1 aromatic carbocycles. The van der Waals surface area contributed by atoms with Crippen LogP contribution >= 0.6 is 35.7 Å². The van der Waals surface area contributed by atoms with Crippen LogP contribution < -0.4 is 0 Å². The number of thiocarbonyl (C=S) groups is 1. The van der Waals surface area contributed by atoms with Crippen molar-refractivity contribution < 1.29 is 14.7 Å². The number of hydrogen-bond acceptors (Lipinski definition) is 6. The van der Waals surface area contributed by atoms with Crippen molar-refractivity contribution in [3.63, 3.8) is 0 Å². The summed E-state index contributed by atoms with van der Waals surface area (Å²) in [5, 5.41) is 10.5. The topological polar surface area (TPSA) is 70.5 Å². The first-order chi connectivity index (χ1) is 12.5. The fourth-order valence-corrected chi connectivity index (χ4v) is 4.49. The Labute approximate surface area is 164 Å². The van der Waals surface area contributed by atoms with Crippen molar-refractivity contribution in [2.45, 2.75) is 12.5 Å². The molecule has 8 heteroatoms. The van der Waals surface area contributed by atoms with E-state index >= 15 is 0 Å². The van der Waals surface area contributed by atoms with E-state index in [2.05, 4.69) is 4.98 Å². The molecule has 1 N–H and O–H groups in total. The quantitative estimate of drug-likeness (QED) is 0.582. The van der Waals surface area contributed by atoms with Gasteiger partial charge in [-0.3, -0.25) is 14.7 Å². The van der Waals surface area contributed by atoms with Crippen LogP contribution in [0.25, 0.3) is 17.0 Å². The van der Waals surface area contributed by atoms with Crippen molar-refractivity contribution in [2.24, 2.45) is 0 Å². The number of aromatic nitrogens is 1. The molecule has 5 nitrogen and oxygen atoms in total. The minimum Gasteiger partial charge on any atom is -0.480 e. The number of carbonyl (C=O) groups excluding carboxylic acids is 1. The molecule has 0 unspecified atom stereocenters. The standard InChI is InChI=1S/C18H16N2O3S3/c1-25-8-6-14(17(22)23)20-16(21)15(26-18(20)24)10-11-4-5-13-12(9-11)3-2-7-19-13/h2-5,7,9-10,14H,6,8H2,1H3,(H,22,23)/b15-10-/t14-/m0/s1. The maximum absolute atomic E-state index is 12.8. The normalized spacial score (nSPS) is 17.3. The summed E-state index contributed by atoms with van der Waals surface area (Å²) in [6, 6.07) is 8.59. The van der Waals surface area contributed by atoms with Gasteiger partial charge in [-0.25, -0.2) is 4.79 Å². The lowest BCUT2D eigenvalue weighted by molar-refractivity contribution is -0.145. The second kappa shape index (κ2) is 8.20. The lowest BCUT2D eigenvalue weighted by Crippen LogP contribution is -2.44. The summed E-state index contributed by atoms with van der Waals surface area (Å²) in [7, 11) is 0. The number of carboxylic acid groups (broad SMARTS) is 1. The molecule has 1 amide bonds. The molecule has 1 aromatic heterocycles. The zero-order valence-electron chi connectivity index (χ0n) is 13.9. The smallest absolute Gasteiger partial charge is 0.326 e. The Hall–Kier alpha value is -1.90. The molecule has 0 saturated carbocycles. The Bertz CT molecular complexity index is 913. The molecular weight excluding hydrogens is 388 g/mol. The minimum absolute atomic E-state index is 0.289. The van der Waals surface area contributed by atoms with E-state index in [0.29, 0.717) is 17.1 Å². The first kappa shape index (κ1) is 18.9. The number of amides is 1. The van der Waals surface area contributed by atoms with E-state index in [0.717, 1.165) is 28.2 Å². The largest absolute Gasteiger partial charge is 0.480 e. The highest BCUT2D eigenvalue weighted by Gasteiger charge is 2.40. The summed E-state index contributed by atoms with van der Waals surface area (Å²) in [6.07, 6.45) is 5.74. The molecule has 1 fully saturated rings. The van der Waals surface area contributed by atoms with Crippen LogP contribution in [0, 0.1) is 0 Å². The Morgan fingerprint density at radius 2 is 2.27 bits per heavy atom. The summed E-state index contributed by atoms with van der Waals surface area (Å²) in [5.74, 6) is -0.738. The molecule has 3 rings (SSSR count). The summed E-state index contributed by atoms with van der Waals surface area (Å²) >= 11 is 7.97. The SMILES string of the molecule is CSCC[C@@H](C(=O)O)N1C(=O)/C(=C/c2ccc3ncccc3c2)SC1=S. The van der Waals surface area contributed by atoms with Crippen molar-refractivity contribution in [1.29, 1.82) is 0 Å². The van der Waals surface area contributed by atoms with Gasteiger partial charge in [0.15, 0.2) is 0 Å². The van der Waals surface area contributed by atoms with Gasteiger partial charge in [-0.2, -0.15) is 11.8 Å². The number of benzene rings is 1. The van der Waals surface area contributed by atoms with E-state index in [9.17, 15) is 14.7 Å². The van der Waals surface area contributed by atoms with Gasteiger partial charge in [0.2, 0.25) is 0 Å². The molecule has 2 heterocycles. The van der Waals surface area contributed by atoms with Gasteiger partial charge < -0.3 is 5.11 Å². The number of nitrogens with zero attached hydrogens (tertiary/aromatic N) is 2. The Morgan fingerprint density at radius 3 is 3.00 bits per heavy atom. The molecule has 1 saturated heterocycles. The summed E-state index contributed by atoms with van der Waals surface area (Å²) < 4.78 is 0.289. The van der Waals surface area contributed by atoms with E-state index in [1.807, 2.05) is 36.6 Å². The zero-order chi connectivity index (χ0) is 18.7. The summed E-state index contributed by atoms with van der Waals surface area (Å²) in [5.41, 5.74) is 1.72. The molecular formula is C18H16N2O3S3. The lowest BCUT2D eigenvalue weighted by atomic mass is 10.1. The third-order valence-corrected chi connectivity index (χ3v) is 5.91. The van der Waals surface area contributed by atoms with Gasteiger partial charge in [0.1, 0.15) is 10.4 Å². The van der Waals surface area contributed by atoms with Crippen molar-refractivity contribution in [2.75, 3.05) is 12.0 Å². The van der Waals surface area contributed by atoms with Gasteiger partial charge >= 0.3 is 5.97 Å². The Morgan fingerprint density at radius 1 is 1.46 bits per heavy atom. The van der Waals surface area contributed by atoms with E-state index < -0.39 is 12.0 Å². The van der Waals surface area contributed by atoms with Gasteiger partial charge in [0, 0.05) is 11.6 Å². The number of carboxylic acids is 1. The first-order valence-corrected chi connectivity index (χ1v) is 10.5. The van der Waals surface area contributed by atoms with Crippen LogP contribution in [0.1, 0.15) is 12.0 Å². The van der Waals surface area contributed by atoms with Crippen molar-refractivity contribution in [1.82, 2.24) is 9.88 Å². The molecule has 1 aliphatic heterocycles. The molecule has 2 aromatic rings. The van der Waals surface area contributed by atoms with Crippen molar-refractivity contribution in [3.05, 3.63) is 47.0 Å². The van der Waals surface area contributed by atoms with Crippen LogP contribution in [-0.2, 0) is 9.59 Å². The molecule has 0 aliphatic carbocycles. The number of hydrogen-bond donors (Lipinski definition) is 1. The molecule has 134 valence electrons. The molecule has 26 heavy (non-hydrogen) atoms. The molecule has 1 atom stereocenters. The molecule has 1 aliphatic rings. The molecule has 0 bridgehead atoms. The van der Waals surface area contributed by atoms with Crippen molar-refractivity contribution in [3.8, 4) is 0 Å². The Kier molecular flexibility index (Phi) is 5.95. The maximum Gasteiger partial charge on any atom is 0.326 e. The van der Waals surface area contributed by atoms with E-state index in [1.165, 1.54) is 4.90 Å². The number of fused-ring (bicyclic) bond motifs is 1. The predicted molar refractivity (Wildman–Crippen MR) is 111 cm³/mol. The van der Waals surface area contributed by atoms with E-state index in [4.69, 9.17) is 12.2 Å². The van der Waals surface area contributed by atoms with Gasteiger partial charge in [-0.15, -0.1) is 0 Å². The number of pyridine rings is 1. The number of aliphatic carboxylic acids is 1. The average Bonchev–Trinajstić information content (AvgIpc) is 2.89. The lowest BCUT2D eigenvalue weighted by Gasteiger charge is -2.22. The fourth-order valence-electron chi connectivity index (χ4n) is 2.68. The molecule has 0 radical (unpaired) electrons. The second-order valence-electron chi connectivity index (χ2n) is 5.64. The molecule has 0 spiro atoms. The van der Waals surface area contributed by atoms with Crippen LogP contribution in [0.15, 0.2) is 41.4 Å². The maximum atomic E-state index is 12.8. The van der Waals surface area contributed by atoms with Crippen LogP contribution in [0.2, 0.25) is 0 Å². The third-order valence-electron chi connectivity index (χ3n) is 3.94. The predicted octanol–water partition coefficient (Wildman–Crippen LogP) is 3.64. The highest BCUT2D eigenvalue weighted by atomic mass is 32.2. The zero-order valence-corrected chi connectivity index (χ0v) is 16.4. The van der Waals surface area contributed by atoms with Gasteiger partial charge in [-0.05, 0) is 48.3 Å². The number of thioether (sulfide) groups is 2. The van der Waals surface area contributed by atoms with Crippen LogP contribution in [0.5, 0.6) is 0 Å². The van der Waals surface area contributed by atoms with Gasteiger partial charge in [0.05, 0.1) is 10.4 Å². The average molecular weight is 405 g/mol. The highest BCUT2D eigenvalue weighted by Crippen LogP contribution is 2.35. The minimum atomic E-state index is -1.03.